The maximum Gasteiger partial charge on any atom is 0.343 e. The summed E-state index contributed by atoms with van der Waals surface area (Å²) in [7, 11) is 2.99. The summed E-state index contributed by atoms with van der Waals surface area (Å²) in [6.45, 7) is 0.131. The van der Waals surface area contributed by atoms with E-state index in [0.29, 0.717) is 39.0 Å². The lowest BCUT2D eigenvalue weighted by atomic mass is 10.2. The first kappa shape index (κ1) is 26.2. The molecule has 3 rings (SSSR count). The molecule has 2 N–H and O–H groups in total. The van der Waals surface area contributed by atoms with E-state index in [1.807, 2.05) is 0 Å². The fourth-order valence-corrected chi connectivity index (χ4v) is 3.24. The first-order valence-corrected chi connectivity index (χ1v) is 11.2. The fourth-order valence-electron chi connectivity index (χ4n) is 3.02. The van der Waals surface area contributed by atoms with Gasteiger partial charge >= 0.3 is 5.97 Å². The number of hydrazone groups is 1. The number of ether oxygens (including phenoxy) is 3. The van der Waals surface area contributed by atoms with Crippen molar-refractivity contribution in [1.82, 2.24) is 10.7 Å². The van der Waals surface area contributed by atoms with E-state index in [0.717, 1.165) is 0 Å². The average Bonchev–Trinajstić information content (AvgIpc) is 2.89. The molecular formula is C26H24ClN3O6. The van der Waals surface area contributed by atoms with Crippen molar-refractivity contribution in [2.45, 2.75) is 6.42 Å². The zero-order valence-corrected chi connectivity index (χ0v) is 20.4. The highest BCUT2D eigenvalue weighted by Gasteiger charge is 2.13. The third kappa shape index (κ3) is 7.31. The second-order valence-electron chi connectivity index (χ2n) is 7.31. The van der Waals surface area contributed by atoms with Crippen molar-refractivity contribution in [2.24, 2.45) is 5.10 Å². The summed E-state index contributed by atoms with van der Waals surface area (Å²) in [4.78, 5) is 36.4. The number of hydrogen-bond donors (Lipinski definition) is 2. The van der Waals surface area contributed by atoms with Crippen LogP contribution in [-0.4, -0.2) is 44.8 Å². The van der Waals surface area contributed by atoms with Crippen molar-refractivity contribution in [2.75, 3.05) is 20.8 Å². The quantitative estimate of drug-likeness (QED) is 0.186. The Kier molecular flexibility index (Phi) is 9.41. The van der Waals surface area contributed by atoms with E-state index in [1.54, 1.807) is 60.7 Å². The summed E-state index contributed by atoms with van der Waals surface area (Å²) in [5.74, 6) is -0.0124. The molecular weight excluding hydrogens is 486 g/mol. The predicted octanol–water partition coefficient (Wildman–Crippen LogP) is 3.85. The number of rotatable bonds is 10. The maximum atomic E-state index is 12.4. The first-order valence-electron chi connectivity index (χ1n) is 10.8. The largest absolute Gasteiger partial charge is 0.493 e. The van der Waals surface area contributed by atoms with Gasteiger partial charge in [-0.15, -0.1) is 0 Å². The molecule has 36 heavy (non-hydrogen) atoms. The van der Waals surface area contributed by atoms with Crippen LogP contribution in [0.2, 0.25) is 5.02 Å². The minimum atomic E-state index is -0.550. The Hall–Kier alpha value is -4.37. The summed E-state index contributed by atoms with van der Waals surface area (Å²) in [5.41, 5.74) is 3.72. The van der Waals surface area contributed by atoms with Crippen LogP contribution >= 0.6 is 11.6 Å². The number of carbonyl (C=O) groups is 3. The Bertz CT molecular complexity index is 1260. The molecule has 9 nitrogen and oxygen atoms in total. The van der Waals surface area contributed by atoms with E-state index in [2.05, 4.69) is 15.8 Å². The minimum Gasteiger partial charge on any atom is -0.493 e. The van der Waals surface area contributed by atoms with Crippen molar-refractivity contribution in [1.29, 1.82) is 0 Å². The number of carbonyl (C=O) groups excluding carboxylic acids is 3. The van der Waals surface area contributed by atoms with Crippen LogP contribution in [0.3, 0.4) is 0 Å². The highest BCUT2D eigenvalue weighted by Crippen LogP contribution is 2.28. The molecule has 3 aromatic rings. The second kappa shape index (κ2) is 12.9. The highest BCUT2D eigenvalue weighted by molar-refractivity contribution is 6.33. The van der Waals surface area contributed by atoms with E-state index in [1.165, 1.54) is 26.5 Å². The van der Waals surface area contributed by atoms with Crippen LogP contribution in [0.15, 0.2) is 71.8 Å². The number of amides is 2. The van der Waals surface area contributed by atoms with Crippen LogP contribution in [0, 0.1) is 0 Å². The molecule has 0 unspecified atom stereocenters. The smallest absolute Gasteiger partial charge is 0.343 e. The maximum absolute atomic E-state index is 12.4. The zero-order chi connectivity index (χ0) is 25.9. The van der Waals surface area contributed by atoms with Gasteiger partial charge in [-0.05, 0) is 60.2 Å². The molecule has 0 heterocycles. The molecule has 3 aromatic carbocycles. The van der Waals surface area contributed by atoms with Crippen molar-refractivity contribution in [3.8, 4) is 17.2 Å². The Morgan fingerprint density at radius 2 is 1.67 bits per heavy atom. The number of hydrogen-bond acceptors (Lipinski definition) is 7. The van der Waals surface area contributed by atoms with Crippen molar-refractivity contribution >= 4 is 35.6 Å². The highest BCUT2D eigenvalue weighted by atomic mass is 35.5. The molecule has 10 heteroatoms. The van der Waals surface area contributed by atoms with Gasteiger partial charge in [-0.25, -0.2) is 10.2 Å². The van der Waals surface area contributed by atoms with Gasteiger partial charge in [0.15, 0.2) is 11.5 Å². The molecule has 0 aliphatic rings. The van der Waals surface area contributed by atoms with Gasteiger partial charge in [-0.2, -0.15) is 5.10 Å². The Morgan fingerprint density at radius 1 is 0.944 bits per heavy atom. The van der Waals surface area contributed by atoms with Gasteiger partial charge in [0.05, 0.1) is 36.6 Å². The van der Waals surface area contributed by atoms with Gasteiger partial charge in [0, 0.05) is 13.0 Å². The van der Waals surface area contributed by atoms with Crippen LogP contribution in [0.5, 0.6) is 17.2 Å². The van der Waals surface area contributed by atoms with Crippen LogP contribution in [0.1, 0.15) is 32.7 Å². The third-order valence-corrected chi connectivity index (χ3v) is 5.20. The first-order chi connectivity index (χ1) is 17.4. The van der Waals surface area contributed by atoms with E-state index >= 15 is 0 Å². The predicted molar refractivity (Wildman–Crippen MR) is 135 cm³/mol. The lowest BCUT2D eigenvalue weighted by Crippen LogP contribution is -2.29. The van der Waals surface area contributed by atoms with Crippen molar-refractivity contribution in [3.05, 3.63) is 88.4 Å². The SMILES string of the molecule is COc1ccc(C(=O)Oc2ccc(C=NNC(=O)CCNC(=O)c3ccccc3Cl)cc2)cc1OC. The molecule has 0 fully saturated rings. The number of nitrogens with zero attached hydrogens (tertiary/aromatic N) is 1. The molecule has 0 radical (unpaired) electrons. The number of halogens is 1. The molecule has 0 aliphatic carbocycles. The number of esters is 1. The second-order valence-corrected chi connectivity index (χ2v) is 7.71. The summed E-state index contributed by atoms with van der Waals surface area (Å²) in [6.07, 6.45) is 1.48. The van der Waals surface area contributed by atoms with Gasteiger partial charge in [0.2, 0.25) is 5.91 Å². The fraction of sp³-hybridized carbons (Fsp3) is 0.154. The molecule has 186 valence electrons. The number of nitrogens with one attached hydrogen (secondary N) is 2. The van der Waals surface area contributed by atoms with Gasteiger partial charge in [-0.3, -0.25) is 9.59 Å². The normalized spacial score (nSPS) is 10.5. The lowest BCUT2D eigenvalue weighted by molar-refractivity contribution is -0.120. The Balaban J connectivity index is 1.44. The van der Waals surface area contributed by atoms with E-state index in [-0.39, 0.29) is 24.8 Å². The van der Waals surface area contributed by atoms with Gasteiger partial charge in [0.25, 0.3) is 5.91 Å². The van der Waals surface area contributed by atoms with Crippen LogP contribution < -0.4 is 25.0 Å². The van der Waals surface area contributed by atoms with Crippen LogP contribution in [0.4, 0.5) is 0 Å². The summed E-state index contributed by atoms with van der Waals surface area (Å²) >= 11 is 5.98. The topological polar surface area (TPSA) is 115 Å². The minimum absolute atomic E-state index is 0.0402. The summed E-state index contributed by atoms with van der Waals surface area (Å²) in [6, 6.07) is 17.9. The zero-order valence-electron chi connectivity index (χ0n) is 19.6. The molecule has 0 atom stereocenters. The Labute approximate surface area is 213 Å². The molecule has 0 bridgehead atoms. The molecule has 0 spiro atoms. The monoisotopic (exact) mass is 509 g/mol. The van der Waals surface area contributed by atoms with Gasteiger partial charge in [0.1, 0.15) is 5.75 Å². The molecule has 0 saturated heterocycles. The summed E-state index contributed by atoms with van der Waals surface area (Å²) in [5, 5.41) is 6.87. The van der Waals surface area contributed by atoms with Crippen molar-refractivity contribution < 1.29 is 28.6 Å². The molecule has 0 aromatic heterocycles. The molecule has 0 saturated carbocycles. The molecule has 0 aliphatic heterocycles. The lowest BCUT2D eigenvalue weighted by Gasteiger charge is -2.09. The van der Waals surface area contributed by atoms with E-state index in [9.17, 15) is 14.4 Å². The summed E-state index contributed by atoms with van der Waals surface area (Å²) < 4.78 is 15.7. The van der Waals surface area contributed by atoms with E-state index < -0.39 is 5.97 Å². The number of benzene rings is 3. The van der Waals surface area contributed by atoms with E-state index in [4.69, 9.17) is 25.8 Å². The van der Waals surface area contributed by atoms with Gasteiger partial charge in [-0.1, -0.05) is 23.7 Å². The standard InChI is InChI=1S/C26H24ClN3O6/c1-34-22-12-9-18(15-23(22)35-2)26(33)36-19-10-7-17(8-11-19)16-29-30-24(31)13-14-28-25(32)20-5-3-4-6-21(20)27/h3-12,15-16H,13-14H2,1-2H3,(H,28,32)(H,30,31). The Morgan fingerprint density at radius 3 is 2.36 bits per heavy atom. The average molecular weight is 510 g/mol. The third-order valence-electron chi connectivity index (χ3n) is 4.87. The van der Waals surface area contributed by atoms with Crippen LogP contribution in [-0.2, 0) is 4.79 Å². The van der Waals surface area contributed by atoms with Crippen LogP contribution in [0.25, 0.3) is 0 Å². The number of methoxy groups -OCH3 is 2. The van der Waals surface area contributed by atoms with Crippen molar-refractivity contribution in [3.63, 3.8) is 0 Å². The molecule has 2 amide bonds. The van der Waals surface area contributed by atoms with Gasteiger partial charge < -0.3 is 19.5 Å².